The molecule has 0 aliphatic carbocycles. The Kier molecular flexibility index (Phi) is 4.42. The van der Waals surface area contributed by atoms with Crippen molar-refractivity contribution in [1.82, 2.24) is 4.90 Å². The maximum atomic E-state index is 14.0. The molecule has 1 fully saturated rings. The van der Waals surface area contributed by atoms with Crippen LogP contribution in [0.2, 0.25) is 0 Å². The Morgan fingerprint density at radius 2 is 2.16 bits per heavy atom. The van der Waals surface area contributed by atoms with E-state index in [1.807, 2.05) is 13.0 Å². The lowest BCUT2D eigenvalue weighted by atomic mass is 10.0. The summed E-state index contributed by atoms with van der Waals surface area (Å²) in [5, 5.41) is 0. The number of nitrogens with two attached hydrogens (primary N) is 1. The standard InChI is InChI=1S/C15H24FN3/c1-11(17)9-13-14(16)5-4-6-15(13)19-8-7-18(3)12(2)10-19/h4-6,11-12H,7-10,17H2,1-3H3. The van der Waals surface area contributed by atoms with Crippen LogP contribution >= 0.6 is 0 Å². The zero-order valence-corrected chi connectivity index (χ0v) is 12.1. The summed E-state index contributed by atoms with van der Waals surface area (Å²) < 4.78 is 14.0. The number of nitrogens with zero attached hydrogens (tertiary/aromatic N) is 2. The van der Waals surface area contributed by atoms with Gasteiger partial charge < -0.3 is 15.5 Å². The highest BCUT2D eigenvalue weighted by molar-refractivity contribution is 5.55. The third kappa shape index (κ3) is 3.25. The highest BCUT2D eigenvalue weighted by Gasteiger charge is 2.23. The quantitative estimate of drug-likeness (QED) is 0.905. The van der Waals surface area contributed by atoms with Crippen molar-refractivity contribution in [2.75, 3.05) is 31.6 Å². The number of piperazine rings is 1. The van der Waals surface area contributed by atoms with E-state index in [-0.39, 0.29) is 11.9 Å². The van der Waals surface area contributed by atoms with Crippen molar-refractivity contribution in [1.29, 1.82) is 0 Å². The largest absolute Gasteiger partial charge is 0.368 e. The maximum Gasteiger partial charge on any atom is 0.128 e. The van der Waals surface area contributed by atoms with Crippen molar-refractivity contribution in [3.8, 4) is 0 Å². The van der Waals surface area contributed by atoms with E-state index < -0.39 is 0 Å². The van der Waals surface area contributed by atoms with E-state index >= 15 is 0 Å². The van der Waals surface area contributed by atoms with E-state index in [1.165, 1.54) is 6.07 Å². The Labute approximate surface area is 115 Å². The van der Waals surface area contributed by atoms with Gasteiger partial charge in [0.05, 0.1) is 0 Å². The van der Waals surface area contributed by atoms with Gasteiger partial charge in [-0.05, 0) is 39.4 Å². The molecule has 0 amide bonds. The van der Waals surface area contributed by atoms with Gasteiger partial charge in [-0.15, -0.1) is 0 Å². The van der Waals surface area contributed by atoms with Gasteiger partial charge in [-0.3, -0.25) is 0 Å². The minimum Gasteiger partial charge on any atom is -0.368 e. The van der Waals surface area contributed by atoms with Crippen LogP contribution in [0.5, 0.6) is 0 Å². The molecule has 0 bridgehead atoms. The Balaban J connectivity index is 2.26. The molecule has 1 aliphatic heterocycles. The van der Waals surface area contributed by atoms with Crippen LogP contribution in [0.15, 0.2) is 18.2 Å². The molecule has 1 saturated heterocycles. The molecule has 2 N–H and O–H groups in total. The molecule has 3 nitrogen and oxygen atoms in total. The summed E-state index contributed by atoms with van der Waals surface area (Å²) in [5.41, 5.74) is 7.62. The molecular weight excluding hydrogens is 241 g/mol. The molecule has 19 heavy (non-hydrogen) atoms. The van der Waals surface area contributed by atoms with Crippen molar-refractivity contribution in [3.63, 3.8) is 0 Å². The van der Waals surface area contributed by atoms with Gasteiger partial charge >= 0.3 is 0 Å². The summed E-state index contributed by atoms with van der Waals surface area (Å²) >= 11 is 0. The molecule has 2 atom stereocenters. The Morgan fingerprint density at radius 3 is 2.79 bits per heavy atom. The first-order valence-electron chi connectivity index (χ1n) is 6.97. The fraction of sp³-hybridized carbons (Fsp3) is 0.600. The van der Waals surface area contributed by atoms with E-state index in [4.69, 9.17) is 5.73 Å². The molecule has 0 spiro atoms. The van der Waals surface area contributed by atoms with Crippen LogP contribution in [-0.4, -0.2) is 43.7 Å². The topological polar surface area (TPSA) is 32.5 Å². The number of rotatable bonds is 3. The number of halogens is 1. The highest BCUT2D eigenvalue weighted by atomic mass is 19.1. The number of hydrogen-bond acceptors (Lipinski definition) is 3. The second-order valence-corrected chi connectivity index (χ2v) is 5.69. The lowest BCUT2D eigenvalue weighted by Gasteiger charge is -2.40. The minimum atomic E-state index is -0.138. The van der Waals surface area contributed by atoms with Gasteiger partial charge in [0, 0.05) is 43.0 Å². The van der Waals surface area contributed by atoms with Gasteiger partial charge in [0.25, 0.3) is 0 Å². The van der Waals surface area contributed by atoms with Crippen molar-refractivity contribution >= 4 is 5.69 Å². The van der Waals surface area contributed by atoms with Crippen molar-refractivity contribution in [2.24, 2.45) is 5.73 Å². The van der Waals surface area contributed by atoms with E-state index in [2.05, 4.69) is 23.8 Å². The minimum absolute atomic E-state index is 0.0273. The third-order valence-corrected chi connectivity index (χ3v) is 3.92. The summed E-state index contributed by atoms with van der Waals surface area (Å²) in [4.78, 5) is 4.62. The molecule has 1 heterocycles. The third-order valence-electron chi connectivity index (χ3n) is 3.92. The van der Waals surface area contributed by atoms with Crippen molar-refractivity contribution < 1.29 is 4.39 Å². The second-order valence-electron chi connectivity index (χ2n) is 5.69. The molecule has 1 aromatic rings. The van der Waals surface area contributed by atoms with Crippen LogP contribution in [-0.2, 0) is 6.42 Å². The first-order chi connectivity index (χ1) is 8.99. The number of anilines is 1. The van der Waals surface area contributed by atoms with Gasteiger partial charge in [0.2, 0.25) is 0 Å². The van der Waals surface area contributed by atoms with Crippen LogP contribution in [0, 0.1) is 5.82 Å². The first kappa shape index (κ1) is 14.3. The van der Waals surface area contributed by atoms with Crippen LogP contribution in [0.3, 0.4) is 0 Å². The Bertz CT molecular complexity index is 433. The predicted molar refractivity (Wildman–Crippen MR) is 78.1 cm³/mol. The average Bonchev–Trinajstić information content (AvgIpc) is 2.35. The fourth-order valence-electron chi connectivity index (χ4n) is 2.63. The number of hydrogen-bond donors (Lipinski definition) is 1. The zero-order chi connectivity index (χ0) is 14.0. The molecule has 2 rings (SSSR count). The molecule has 0 aromatic heterocycles. The maximum absolute atomic E-state index is 14.0. The van der Waals surface area contributed by atoms with Crippen LogP contribution in [0.4, 0.5) is 10.1 Å². The summed E-state index contributed by atoms with van der Waals surface area (Å²) in [7, 11) is 2.14. The molecule has 0 saturated carbocycles. The molecule has 2 unspecified atom stereocenters. The lowest BCUT2D eigenvalue weighted by Crippen LogP contribution is -2.50. The summed E-state index contributed by atoms with van der Waals surface area (Å²) in [6, 6.07) is 5.79. The van der Waals surface area contributed by atoms with E-state index in [9.17, 15) is 4.39 Å². The molecule has 4 heteroatoms. The SMILES string of the molecule is CC(N)Cc1c(F)cccc1N1CCN(C)C(C)C1. The van der Waals surface area contributed by atoms with Crippen molar-refractivity contribution in [3.05, 3.63) is 29.6 Å². The van der Waals surface area contributed by atoms with Gasteiger partial charge in [0.1, 0.15) is 5.82 Å². The van der Waals surface area contributed by atoms with Crippen molar-refractivity contribution in [2.45, 2.75) is 32.4 Å². The van der Waals surface area contributed by atoms with Gasteiger partial charge in [0.15, 0.2) is 0 Å². The second kappa shape index (κ2) is 5.88. The van der Waals surface area contributed by atoms with E-state index in [1.54, 1.807) is 6.07 Å². The molecule has 0 radical (unpaired) electrons. The predicted octanol–water partition coefficient (Wildman–Crippen LogP) is 1.86. The fourth-order valence-corrected chi connectivity index (χ4v) is 2.63. The normalized spacial score (nSPS) is 22.6. The monoisotopic (exact) mass is 265 g/mol. The highest BCUT2D eigenvalue weighted by Crippen LogP contribution is 2.26. The first-order valence-corrected chi connectivity index (χ1v) is 6.97. The molecule has 106 valence electrons. The van der Waals surface area contributed by atoms with Crippen LogP contribution in [0.1, 0.15) is 19.4 Å². The van der Waals surface area contributed by atoms with Crippen LogP contribution in [0.25, 0.3) is 0 Å². The summed E-state index contributed by atoms with van der Waals surface area (Å²) in [6.45, 7) is 7.01. The van der Waals surface area contributed by atoms with Crippen LogP contribution < -0.4 is 10.6 Å². The smallest absolute Gasteiger partial charge is 0.128 e. The Morgan fingerprint density at radius 1 is 1.42 bits per heavy atom. The lowest BCUT2D eigenvalue weighted by molar-refractivity contribution is 0.234. The van der Waals surface area contributed by atoms with Gasteiger partial charge in [-0.2, -0.15) is 0 Å². The van der Waals surface area contributed by atoms with Gasteiger partial charge in [-0.25, -0.2) is 4.39 Å². The molecular formula is C15H24FN3. The molecule has 1 aromatic carbocycles. The van der Waals surface area contributed by atoms with E-state index in [0.717, 1.165) is 30.9 Å². The Hall–Kier alpha value is -1.13. The zero-order valence-electron chi connectivity index (χ0n) is 12.1. The summed E-state index contributed by atoms with van der Waals surface area (Å²) in [5.74, 6) is -0.138. The van der Waals surface area contributed by atoms with Gasteiger partial charge in [-0.1, -0.05) is 6.07 Å². The summed E-state index contributed by atoms with van der Waals surface area (Å²) in [6.07, 6.45) is 0.586. The molecule has 1 aliphatic rings. The average molecular weight is 265 g/mol. The van der Waals surface area contributed by atoms with E-state index in [0.29, 0.717) is 12.5 Å². The number of likely N-dealkylation sites (N-methyl/N-ethyl adjacent to an activating group) is 1. The number of benzene rings is 1.